The summed E-state index contributed by atoms with van der Waals surface area (Å²) in [7, 11) is 1.95. The Morgan fingerprint density at radius 1 is 1.54 bits per heavy atom. The minimum absolute atomic E-state index is 0.310. The molecule has 0 aliphatic heterocycles. The van der Waals surface area contributed by atoms with Gasteiger partial charge >= 0.3 is 0 Å². The molecular formula is C9H18N4. The van der Waals surface area contributed by atoms with E-state index in [4.69, 9.17) is 0 Å². The van der Waals surface area contributed by atoms with Crippen LogP contribution in [0, 0.1) is 0 Å². The Hall–Kier alpha value is -0.900. The van der Waals surface area contributed by atoms with Gasteiger partial charge in [-0.15, -0.1) is 10.2 Å². The van der Waals surface area contributed by atoms with E-state index in [1.165, 1.54) is 0 Å². The van der Waals surface area contributed by atoms with Crippen molar-refractivity contribution in [3.8, 4) is 0 Å². The average molecular weight is 182 g/mol. The molecule has 4 nitrogen and oxygen atoms in total. The highest BCUT2D eigenvalue weighted by Gasteiger charge is 2.15. The van der Waals surface area contributed by atoms with Crippen LogP contribution in [0.1, 0.15) is 45.1 Å². The molecule has 0 saturated heterocycles. The number of aromatic nitrogens is 3. The van der Waals surface area contributed by atoms with Crippen molar-refractivity contribution < 1.29 is 0 Å². The van der Waals surface area contributed by atoms with E-state index in [1.54, 1.807) is 6.33 Å². The molecule has 1 atom stereocenters. The first-order chi connectivity index (χ1) is 6.20. The highest BCUT2D eigenvalue weighted by Crippen LogP contribution is 2.16. The summed E-state index contributed by atoms with van der Waals surface area (Å²) in [6.45, 7) is 6.41. The molecule has 1 rings (SSSR count). The highest BCUT2D eigenvalue weighted by atomic mass is 15.3. The van der Waals surface area contributed by atoms with Crippen molar-refractivity contribution in [3.63, 3.8) is 0 Å². The maximum absolute atomic E-state index is 4.13. The standard InChI is InChI=1S/C9H18N4/c1-5-8(10-4)9-12-11-6-13(9)7(2)3/h6-8,10H,5H2,1-4H3. The Bertz CT molecular complexity index is 250. The predicted molar refractivity (Wildman–Crippen MR) is 52.5 cm³/mol. The molecule has 0 aliphatic rings. The molecule has 1 aromatic heterocycles. The van der Waals surface area contributed by atoms with Crippen LogP contribution < -0.4 is 5.32 Å². The quantitative estimate of drug-likeness (QED) is 0.768. The number of nitrogens with one attached hydrogen (secondary N) is 1. The summed E-state index contributed by atoms with van der Waals surface area (Å²) < 4.78 is 2.10. The Labute approximate surface area is 79.4 Å². The van der Waals surface area contributed by atoms with Gasteiger partial charge in [0.2, 0.25) is 0 Å². The second-order valence-corrected chi connectivity index (χ2v) is 3.44. The maximum atomic E-state index is 4.13. The van der Waals surface area contributed by atoms with Crippen molar-refractivity contribution in [3.05, 3.63) is 12.2 Å². The number of hydrogen-bond acceptors (Lipinski definition) is 3. The topological polar surface area (TPSA) is 42.7 Å². The van der Waals surface area contributed by atoms with E-state index in [9.17, 15) is 0 Å². The van der Waals surface area contributed by atoms with Crippen molar-refractivity contribution >= 4 is 0 Å². The van der Waals surface area contributed by atoms with Gasteiger partial charge in [0.15, 0.2) is 0 Å². The summed E-state index contributed by atoms with van der Waals surface area (Å²) in [5.41, 5.74) is 0. The van der Waals surface area contributed by atoms with Gasteiger partial charge in [-0.25, -0.2) is 0 Å². The van der Waals surface area contributed by atoms with Crippen LogP contribution in [0.15, 0.2) is 6.33 Å². The lowest BCUT2D eigenvalue weighted by molar-refractivity contribution is 0.479. The lowest BCUT2D eigenvalue weighted by Gasteiger charge is -2.16. The lowest BCUT2D eigenvalue weighted by atomic mass is 10.2. The minimum Gasteiger partial charge on any atom is -0.314 e. The largest absolute Gasteiger partial charge is 0.314 e. The van der Waals surface area contributed by atoms with Crippen molar-refractivity contribution in [1.29, 1.82) is 0 Å². The van der Waals surface area contributed by atoms with E-state index in [0.717, 1.165) is 12.2 Å². The average Bonchev–Trinajstić information content (AvgIpc) is 2.55. The van der Waals surface area contributed by atoms with Gasteiger partial charge in [0.05, 0.1) is 6.04 Å². The first kappa shape index (κ1) is 10.2. The van der Waals surface area contributed by atoms with Crippen molar-refractivity contribution in [1.82, 2.24) is 20.1 Å². The predicted octanol–water partition coefficient (Wildman–Crippen LogP) is 1.53. The van der Waals surface area contributed by atoms with Crippen LogP contribution >= 0.6 is 0 Å². The maximum Gasteiger partial charge on any atom is 0.150 e. The SMILES string of the molecule is CCC(NC)c1nncn1C(C)C. The molecule has 1 aromatic rings. The molecule has 0 amide bonds. The van der Waals surface area contributed by atoms with E-state index >= 15 is 0 Å². The minimum atomic E-state index is 0.310. The van der Waals surface area contributed by atoms with Crippen LogP contribution in [0.5, 0.6) is 0 Å². The first-order valence-corrected chi connectivity index (χ1v) is 4.77. The molecule has 0 aliphatic carbocycles. The molecular weight excluding hydrogens is 164 g/mol. The van der Waals surface area contributed by atoms with E-state index in [-0.39, 0.29) is 0 Å². The van der Waals surface area contributed by atoms with Crippen LogP contribution in [-0.2, 0) is 0 Å². The van der Waals surface area contributed by atoms with Crippen LogP contribution in [0.25, 0.3) is 0 Å². The molecule has 13 heavy (non-hydrogen) atoms. The fourth-order valence-corrected chi connectivity index (χ4v) is 1.41. The van der Waals surface area contributed by atoms with Crippen molar-refractivity contribution in [2.75, 3.05) is 7.05 Å². The van der Waals surface area contributed by atoms with Crippen LogP contribution in [0.4, 0.5) is 0 Å². The molecule has 0 radical (unpaired) electrons. The second kappa shape index (κ2) is 4.37. The Kier molecular flexibility index (Phi) is 3.42. The molecule has 1 heterocycles. The zero-order valence-electron chi connectivity index (χ0n) is 8.78. The summed E-state index contributed by atoms with van der Waals surface area (Å²) in [5, 5.41) is 11.3. The molecule has 0 aromatic carbocycles. The summed E-state index contributed by atoms with van der Waals surface area (Å²) >= 11 is 0. The Morgan fingerprint density at radius 2 is 2.23 bits per heavy atom. The lowest BCUT2D eigenvalue weighted by Crippen LogP contribution is -2.20. The zero-order chi connectivity index (χ0) is 9.84. The van der Waals surface area contributed by atoms with E-state index < -0.39 is 0 Å². The first-order valence-electron chi connectivity index (χ1n) is 4.77. The number of rotatable bonds is 4. The Morgan fingerprint density at radius 3 is 2.69 bits per heavy atom. The summed E-state index contributed by atoms with van der Waals surface area (Å²) in [6, 6.07) is 0.734. The Balaban J connectivity index is 2.91. The van der Waals surface area contributed by atoms with Gasteiger partial charge in [0.25, 0.3) is 0 Å². The van der Waals surface area contributed by atoms with E-state index in [2.05, 4.69) is 40.9 Å². The summed E-state index contributed by atoms with van der Waals surface area (Å²) in [6.07, 6.45) is 2.82. The molecule has 4 heteroatoms. The van der Waals surface area contributed by atoms with E-state index in [1.807, 2.05) is 7.05 Å². The molecule has 0 spiro atoms. The van der Waals surface area contributed by atoms with E-state index in [0.29, 0.717) is 12.1 Å². The van der Waals surface area contributed by atoms with Gasteiger partial charge in [-0.3, -0.25) is 0 Å². The van der Waals surface area contributed by atoms with Gasteiger partial charge < -0.3 is 9.88 Å². The molecule has 1 unspecified atom stereocenters. The molecule has 1 N–H and O–H groups in total. The fraction of sp³-hybridized carbons (Fsp3) is 0.778. The third-order valence-electron chi connectivity index (χ3n) is 2.23. The second-order valence-electron chi connectivity index (χ2n) is 3.44. The molecule has 0 fully saturated rings. The van der Waals surface area contributed by atoms with Gasteiger partial charge in [-0.1, -0.05) is 6.92 Å². The molecule has 0 bridgehead atoms. The third kappa shape index (κ3) is 2.06. The fourth-order valence-electron chi connectivity index (χ4n) is 1.41. The monoisotopic (exact) mass is 182 g/mol. The van der Waals surface area contributed by atoms with Gasteiger partial charge in [0.1, 0.15) is 12.2 Å². The normalized spacial score (nSPS) is 13.6. The third-order valence-corrected chi connectivity index (χ3v) is 2.23. The zero-order valence-corrected chi connectivity index (χ0v) is 8.78. The van der Waals surface area contributed by atoms with Crippen LogP contribution in [0.2, 0.25) is 0 Å². The molecule has 74 valence electrons. The van der Waals surface area contributed by atoms with Gasteiger partial charge in [0, 0.05) is 6.04 Å². The summed E-state index contributed by atoms with van der Waals surface area (Å²) in [5.74, 6) is 1.03. The van der Waals surface area contributed by atoms with Crippen molar-refractivity contribution in [2.45, 2.75) is 39.3 Å². The van der Waals surface area contributed by atoms with Gasteiger partial charge in [-0.2, -0.15) is 0 Å². The highest BCUT2D eigenvalue weighted by molar-refractivity contribution is 4.95. The van der Waals surface area contributed by atoms with Gasteiger partial charge in [-0.05, 0) is 27.3 Å². The van der Waals surface area contributed by atoms with Crippen molar-refractivity contribution in [2.24, 2.45) is 0 Å². The number of hydrogen-bond donors (Lipinski definition) is 1. The van der Waals surface area contributed by atoms with Crippen LogP contribution in [-0.4, -0.2) is 21.8 Å². The smallest absolute Gasteiger partial charge is 0.150 e. The van der Waals surface area contributed by atoms with Crippen LogP contribution in [0.3, 0.4) is 0 Å². The summed E-state index contributed by atoms with van der Waals surface area (Å²) in [4.78, 5) is 0. The number of nitrogens with zero attached hydrogens (tertiary/aromatic N) is 3. The molecule has 0 saturated carbocycles.